The zero-order valence-corrected chi connectivity index (χ0v) is 27.5. The molecule has 1 aromatic heterocycles. The summed E-state index contributed by atoms with van der Waals surface area (Å²) in [7, 11) is 1.53. The van der Waals surface area contributed by atoms with Crippen LogP contribution in [0.3, 0.4) is 0 Å². The molecule has 0 saturated carbocycles. The van der Waals surface area contributed by atoms with Crippen molar-refractivity contribution in [2.24, 2.45) is 4.99 Å². The van der Waals surface area contributed by atoms with Crippen LogP contribution in [-0.2, 0) is 16.1 Å². The smallest absolute Gasteiger partial charge is 0.338 e. The highest BCUT2D eigenvalue weighted by molar-refractivity contribution is 9.10. The van der Waals surface area contributed by atoms with Gasteiger partial charge in [0.2, 0.25) is 0 Å². The number of carbonyl (C=O) groups excluding carboxylic acids is 1. The third kappa shape index (κ3) is 6.43. The summed E-state index contributed by atoms with van der Waals surface area (Å²) in [4.78, 5) is 32.7. The molecule has 0 spiro atoms. The molecule has 0 bridgehead atoms. The molecule has 0 amide bonds. The molecule has 45 heavy (non-hydrogen) atoms. The largest absolute Gasteiger partial charge is 0.493 e. The molecule has 9 nitrogen and oxygen atoms in total. The molecule has 3 aromatic carbocycles. The van der Waals surface area contributed by atoms with Crippen LogP contribution in [0.25, 0.3) is 6.08 Å². The normalized spacial score (nSPS) is 14.3. The molecule has 4 aromatic rings. The fourth-order valence-corrected chi connectivity index (χ4v) is 6.63. The summed E-state index contributed by atoms with van der Waals surface area (Å²) in [5, 5.41) is 9.46. The zero-order chi connectivity index (χ0) is 32.1. The average Bonchev–Trinajstić information content (AvgIpc) is 3.34. The topological polar surface area (TPSA) is 112 Å². The van der Waals surface area contributed by atoms with E-state index in [0.717, 1.165) is 5.56 Å². The van der Waals surface area contributed by atoms with Gasteiger partial charge in [0, 0.05) is 15.6 Å². The van der Waals surface area contributed by atoms with Gasteiger partial charge in [-0.15, -0.1) is 0 Å². The number of carbonyl (C=O) groups is 1. The van der Waals surface area contributed by atoms with E-state index in [2.05, 4.69) is 27.0 Å². The Bertz CT molecular complexity index is 2020. The van der Waals surface area contributed by atoms with Crippen LogP contribution in [0.4, 0.5) is 0 Å². The van der Waals surface area contributed by atoms with E-state index < -0.39 is 12.0 Å². The number of allylic oxidation sites excluding steroid dienone is 1. The highest BCUT2D eigenvalue weighted by atomic mass is 79.9. The molecular formula is C34H30BrN3O6S. The number of hydrogen-bond acceptors (Lipinski definition) is 9. The Labute approximate surface area is 272 Å². The van der Waals surface area contributed by atoms with E-state index in [0.29, 0.717) is 60.0 Å². The maximum Gasteiger partial charge on any atom is 0.338 e. The highest BCUT2D eigenvalue weighted by Crippen LogP contribution is 2.41. The van der Waals surface area contributed by atoms with E-state index in [1.807, 2.05) is 43.3 Å². The summed E-state index contributed by atoms with van der Waals surface area (Å²) in [6.45, 7) is 6.12. The van der Waals surface area contributed by atoms with Crippen LogP contribution >= 0.6 is 27.3 Å². The maximum absolute atomic E-state index is 14.2. The van der Waals surface area contributed by atoms with Crippen LogP contribution in [0.15, 0.2) is 86.2 Å². The fourth-order valence-electron chi connectivity index (χ4n) is 5.06. The lowest BCUT2D eigenvalue weighted by Gasteiger charge is -2.26. The van der Waals surface area contributed by atoms with Gasteiger partial charge in [0.1, 0.15) is 12.4 Å². The number of fused-ring (bicyclic) bond motifs is 1. The third-order valence-corrected chi connectivity index (χ3v) is 8.79. The van der Waals surface area contributed by atoms with Crippen LogP contribution in [0.5, 0.6) is 17.2 Å². The monoisotopic (exact) mass is 687 g/mol. The standard InChI is InChI=1S/C34H30BrN3O6S/c1-5-42-28-17-25(35)24(16-27(28)41-4)31-30(33(40)43-6-2)20(3)37-34-38(31)32(39)29(45-34)15-21-11-9-10-14-26(21)44-19-23-13-8-7-12-22(23)18-36/h7-17,31H,5-6,19H2,1-4H3/b29-15+/t31-/m0/s1. The van der Waals surface area contributed by atoms with Crippen LogP contribution in [-0.4, -0.2) is 30.9 Å². The Kier molecular flexibility index (Phi) is 9.86. The number of esters is 1. The Morgan fingerprint density at radius 2 is 1.82 bits per heavy atom. The number of ether oxygens (including phenoxy) is 4. The van der Waals surface area contributed by atoms with Gasteiger partial charge in [-0.25, -0.2) is 9.79 Å². The molecule has 0 radical (unpaired) electrons. The second kappa shape index (κ2) is 14.0. The first-order valence-electron chi connectivity index (χ1n) is 14.2. The van der Waals surface area contributed by atoms with Crippen LogP contribution in [0.2, 0.25) is 0 Å². The number of nitrogens with zero attached hydrogens (tertiary/aromatic N) is 3. The number of thiazole rings is 1. The van der Waals surface area contributed by atoms with Crippen LogP contribution in [0, 0.1) is 11.3 Å². The summed E-state index contributed by atoms with van der Waals surface area (Å²) >= 11 is 4.86. The van der Waals surface area contributed by atoms with Crippen molar-refractivity contribution in [3.63, 3.8) is 0 Å². The number of aromatic nitrogens is 1. The molecule has 230 valence electrons. The number of hydrogen-bond donors (Lipinski definition) is 0. The first-order chi connectivity index (χ1) is 21.8. The van der Waals surface area contributed by atoms with Crippen LogP contribution in [0.1, 0.15) is 49.1 Å². The average molecular weight is 689 g/mol. The first kappa shape index (κ1) is 31.8. The molecule has 5 rings (SSSR count). The van der Waals surface area contributed by atoms with Gasteiger partial charge in [-0.1, -0.05) is 63.7 Å². The second-order valence-corrected chi connectivity index (χ2v) is 11.7. The summed E-state index contributed by atoms with van der Waals surface area (Å²) in [5.41, 5.74) is 2.95. The minimum absolute atomic E-state index is 0.163. The van der Waals surface area contributed by atoms with E-state index >= 15 is 0 Å². The van der Waals surface area contributed by atoms with Crippen molar-refractivity contribution in [1.82, 2.24) is 4.57 Å². The number of methoxy groups -OCH3 is 1. The number of para-hydroxylation sites is 1. The van der Waals surface area contributed by atoms with Crippen LogP contribution < -0.4 is 29.1 Å². The lowest BCUT2D eigenvalue weighted by atomic mass is 9.95. The van der Waals surface area contributed by atoms with Gasteiger partial charge >= 0.3 is 5.97 Å². The van der Waals surface area contributed by atoms with Gasteiger partial charge in [0.05, 0.1) is 53.8 Å². The molecule has 1 atom stereocenters. The SMILES string of the molecule is CCOC(=O)C1=C(C)N=c2s/c(=C/c3ccccc3OCc3ccccc3C#N)c(=O)n2[C@H]1c1cc(OC)c(OCC)cc1Br. The molecule has 0 fully saturated rings. The molecule has 0 aliphatic carbocycles. The van der Waals surface area contributed by atoms with Crippen molar-refractivity contribution in [2.75, 3.05) is 20.3 Å². The third-order valence-electron chi connectivity index (χ3n) is 7.12. The van der Waals surface area contributed by atoms with Crippen molar-refractivity contribution < 1.29 is 23.7 Å². The Balaban J connectivity index is 1.65. The number of benzene rings is 3. The number of rotatable bonds is 10. The molecule has 0 N–H and O–H groups in total. The van der Waals surface area contributed by atoms with Gasteiger partial charge in [0.25, 0.3) is 5.56 Å². The summed E-state index contributed by atoms with van der Waals surface area (Å²) in [6, 6.07) is 19.5. The van der Waals surface area contributed by atoms with Gasteiger partial charge in [-0.2, -0.15) is 5.26 Å². The van der Waals surface area contributed by atoms with Crippen molar-refractivity contribution in [3.05, 3.63) is 118 Å². The lowest BCUT2D eigenvalue weighted by molar-refractivity contribution is -0.139. The minimum atomic E-state index is -0.852. The molecule has 0 saturated heterocycles. The predicted octanol–water partition coefficient (Wildman–Crippen LogP) is 5.42. The van der Waals surface area contributed by atoms with Gasteiger partial charge in [0.15, 0.2) is 16.3 Å². The zero-order valence-electron chi connectivity index (χ0n) is 25.1. The Morgan fingerprint density at radius 1 is 1.07 bits per heavy atom. The summed E-state index contributed by atoms with van der Waals surface area (Å²) in [5.74, 6) is 0.971. The van der Waals surface area contributed by atoms with Gasteiger partial charge < -0.3 is 18.9 Å². The molecule has 2 heterocycles. The van der Waals surface area contributed by atoms with E-state index in [1.54, 1.807) is 44.2 Å². The van der Waals surface area contributed by atoms with Gasteiger partial charge in [-0.05, 0) is 56.7 Å². The number of nitriles is 1. The van der Waals surface area contributed by atoms with E-state index in [-0.39, 0.29) is 24.3 Å². The lowest BCUT2D eigenvalue weighted by Crippen LogP contribution is -2.40. The van der Waals surface area contributed by atoms with Crippen molar-refractivity contribution >= 4 is 39.3 Å². The quantitative estimate of drug-likeness (QED) is 0.205. The van der Waals surface area contributed by atoms with E-state index in [4.69, 9.17) is 18.9 Å². The minimum Gasteiger partial charge on any atom is -0.493 e. The van der Waals surface area contributed by atoms with Crippen molar-refractivity contribution in [3.8, 4) is 23.3 Å². The predicted molar refractivity (Wildman–Crippen MR) is 174 cm³/mol. The summed E-state index contributed by atoms with van der Waals surface area (Å²) in [6.07, 6.45) is 1.75. The Hall–Kier alpha value is -4.66. The molecule has 0 unspecified atom stereocenters. The van der Waals surface area contributed by atoms with Crippen molar-refractivity contribution in [2.45, 2.75) is 33.4 Å². The molecule has 11 heteroatoms. The molecule has 1 aliphatic heterocycles. The second-order valence-electron chi connectivity index (χ2n) is 9.86. The molecular weight excluding hydrogens is 658 g/mol. The highest BCUT2D eigenvalue weighted by Gasteiger charge is 2.35. The van der Waals surface area contributed by atoms with Crippen molar-refractivity contribution in [1.29, 1.82) is 5.26 Å². The fraction of sp³-hybridized carbons (Fsp3) is 0.235. The maximum atomic E-state index is 14.2. The Morgan fingerprint density at radius 3 is 2.56 bits per heavy atom. The van der Waals surface area contributed by atoms with E-state index in [1.165, 1.54) is 23.0 Å². The summed E-state index contributed by atoms with van der Waals surface area (Å²) < 4.78 is 25.5. The number of halogens is 1. The van der Waals surface area contributed by atoms with Gasteiger partial charge in [-0.3, -0.25) is 9.36 Å². The first-order valence-corrected chi connectivity index (χ1v) is 15.8. The molecule has 1 aliphatic rings. The van der Waals surface area contributed by atoms with E-state index in [9.17, 15) is 14.9 Å².